The third-order valence-electron chi connectivity index (χ3n) is 1.93. The Labute approximate surface area is 84.2 Å². The molecule has 2 amide bonds. The zero-order valence-corrected chi connectivity index (χ0v) is 8.58. The molecule has 0 aromatic carbocycles. The van der Waals surface area contributed by atoms with E-state index in [4.69, 9.17) is 11.5 Å². The lowest BCUT2D eigenvalue weighted by Crippen LogP contribution is -2.40. The van der Waals surface area contributed by atoms with Crippen LogP contribution < -0.4 is 16.8 Å². The molecule has 0 aromatic rings. The summed E-state index contributed by atoms with van der Waals surface area (Å²) < 4.78 is 0. The van der Waals surface area contributed by atoms with Crippen molar-refractivity contribution in [2.75, 3.05) is 6.54 Å². The molecule has 1 unspecified atom stereocenters. The predicted molar refractivity (Wildman–Crippen MR) is 54.3 cm³/mol. The van der Waals surface area contributed by atoms with E-state index in [-0.39, 0.29) is 11.8 Å². The predicted octanol–water partition coefficient (Wildman–Crippen LogP) is -0.505. The molecule has 0 aliphatic rings. The van der Waals surface area contributed by atoms with Crippen molar-refractivity contribution in [2.45, 2.75) is 38.6 Å². The van der Waals surface area contributed by atoms with Crippen LogP contribution in [0.1, 0.15) is 32.6 Å². The topological polar surface area (TPSA) is 98.2 Å². The Hall–Kier alpha value is -1.10. The molecule has 0 saturated heterocycles. The minimum atomic E-state index is -0.425. The van der Waals surface area contributed by atoms with Crippen LogP contribution in [-0.2, 0) is 9.59 Å². The molecule has 5 heteroatoms. The summed E-state index contributed by atoms with van der Waals surface area (Å²) in [5, 5.41) is 2.69. The first-order valence-corrected chi connectivity index (χ1v) is 4.89. The summed E-state index contributed by atoms with van der Waals surface area (Å²) in [4.78, 5) is 21.5. The molecule has 0 bridgehead atoms. The number of unbranched alkanes of at least 4 members (excludes halogenated alkanes) is 1. The molecular weight excluding hydrogens is 182 g/mol. The van der Waals surface area contributed by atoms with Gasteiger partial charge in [0, 0.05) is 13.0 Å². The quantitative estimate of drug-likeness (QED) is 0.484. The summed E-state index contributed by atoms with van der Waals surface area (Å²) in [7, 11) is 0. The molecule has 0 saturated carbocycles. The zero-order chi connectivity index (χ0) is 11.0. The second-order valence-electron chi connectivity index (χ2n) is 3.23. The van der Waals surface area contributed by atoms with E-state index >= 15 is 0 Å². The molecule has 5 nitrogen and oxygen atoms in total. The van der Waals surface area contributed by atoms with Crippen molar-refractivity contribution in [3.8, 4) is 0 Å². The minimum absolute atomic E-state index is 0.133. The fourth-order valence-corrected chi connectivity index (χ4v) is 0.952. The first-order chi connectivity index (χ1) is 6.57. The second-order valence-corrected chi connectivity index (χ2v) is 3.23. The molecule has 14 heavy (non-hydrogen) atoms. The number of nitrogens with two attached hydrogens (primary N) is 2. The van der Waals surface area contributed by atoms with Crippen molar-refractivity contribution in [1.29, 1.82) is 0 Å². The highest BCUT2D eigenvalue weighted by Crippen LogP contribution is 1.93. The van der Waals surface area contributed by atoms with Gasteiger partial charge in [-0.2, -0.15) is 0 Å². The molecule has 0 heterocycles. The molecule has 0 radical (unpaired) electrons. The average molecular weight is 201 g/mol. The fourth-order valence-electron chi connectivity index (χ4n) is 0.952. The van der Waals surface area contributed by atoms with Crippen molar-refractivity contribution in [2.24, 2.45) is 11.5 Å². The molecule has 0 fully saturated rings. The number of nitrogens with one attached hydrogen (secondary N) is 1. The molecule has 0 rings (SSSR count). The van der Waals surface area contributed by atoms with Gasteiger partial charge in [-0.1, -0.05) is 6.92 Å². The van der Waals surface area contributed by atoms with Crippen molar-refractivity contribution in [1.82, 2.24) is 5.32 Å². The summed E-state index contributed by atoms with van der Waals surface area (Å²) in [6.45, 7) is 2.41. The van der Waals surface area contributed by atoms with Crippen molar-refractivity contribution < 1.29 is 9.59 Å². The smallest absolute Gasteiger partial charge is 0.236 e. The fraction of sp³-hybridized carbons (Fsp3) is 0.778. The van der Waals surface area contributed by atoms with Crippen LogP contribution in [0.4, 0.5) is 0 Å². The van der Waals surface area contributed by atoms with E-state index in [2.05, 4.69) is 5.32 Å². The number of rotatable bonds is 7. The van der Waals surface area contributed by atoms with Gasteiger partial charge in [0.05, 0.1) is 6.04 Å². The van der Waals surface area contributed by atoms with Crippen molar-refractivity contribution >= 4 is 11.8 Å². The van der Waals surface area contributed by atoms with E-state index in [1.807, 2.05) is 6.92 Å². The second kappa shape index (κ2) is 7.32. The van der Waals surface area contributed by atoms with Gasteiger partial charge in [0.15, 0.2) is 0 Å². The van der Waals surface area contributed by atoms with Gasteiger partial charge < -0.3 is 16.8 Å². The standard InChI is InChI=1S/C9H19N3O2/c1-2-7(10)9(14)12-6-4-3-5-8(11)13/h7H,2-6,10H2,1H3,(H2,11,13)(H,12,14). The first-order valence-electron chi connectivity index (χ1n) is 4.89. The van der Waals surface area contributed by atoms with Crippen molar-refractivity contribution in [3.05, 3.63) is 0 Å². The van der Waals surface area contributed by atoms with Crippen LogP contribution in [0.3, 0.4) is 0 Å². The lowest BCUT2D eigenvalue weighted by atomic mass is 10.2. The van der Waals surface area contributed by atoms with Gasteiger partial charge in [-0.3, -0.25) is 9.59 Å². The number of primary amides is 1. The zero-order valence-electron chi connectivity index (χ0n) is 8.58. The van der Waals surface area contributed by atoms with Crippen molar-refractivity contribution in [3.63, 3.8) is 0 Å². The molecule has 0 aromatic heterocycles. The van der Waals surface area contributed by atoms with Gasteiger partial charge in [-0.15, -0.1) is 0 Å². The van der Waals surface area contributed by atoms with E-state index in [9.17, 15) is 9.59 Å². The molecule has 82 valence electrons. The van der Waals surface area contributed by atoms with Crippen LogP contribution in [0, 0.1) is 0 Å². The van der Waals surface area contributed by atoms with Crippen LogP contribution in [0.25, 0.3) is 0 Å². The highest BCUT2D eigenvalue weighted by Gasteiger charge is 2.08. The maximum atomic E-state index is 11.1. The summed E-state index contributed by atoms with van der Waals surface area (Å²) in [5.41, 5.74) is 10.5. The Bertz CT molecular complexity index is 194. The summed E-state index contributed by atoms with van der Waals surface area (Å²) in [6, 6.07) is -0.425. The molecule has 0 spiro atoms. The Morgan fingerprint density at radius 1 is 1.36 bits per heavy atom. The maximum absolute atomic E-state index is 11.1. The SMILES string of the molecule is CCC(N)C(=O)NCCCCC(N)=O. The van der Waals surface area contributed by atoms with Gasteiger partial charge in [0.25, 0.3) is 0 Å². The molecule has 5 N–H and O–H groups in total. The number of hydrogen-bond acceptors (Lipinski definition) is 3. The average Bonchev–Trinajstić information content (AvgIpc) is 2.15. The van der Waals surface area contributed by atoms with Crippen LogP contribution in [0.2, 0.25) is 0 Å². The number of carbonyl (C=O) groups is 2. The van der Waals surface area contributed by atoms with E-state index in [1.54, 1.807) is 0 Å². The highest BCUT2D eigenvalue weighted by atomic mass is 16.2. The van der Waals surface area contributed by atoms with Gasteiger partial charge in [-0.25, -0.2) is 0 Å². The van der Waals surface area contributed by atoms with Gasteiger partial charge in [-0.05, 0) is 19.3 Å². The summed E-state index contributed by atoms with van der Waals surface area (Å²) in [5.74, 6) is -0.437. The largest absolute Gasteiger partial charge is 0.370 e. The van der Waals surface area contributed by atoms with E-state index in [1.165, 1.54) is 0 Å². The Morgan fingerprint density at radius 2 is 2.00 bits per heavy atom. The lowest BCUT2D eigenvalue weighted by Gasteiger charge is -2.09. The van der Waals surface area contributed by atoms with E-state index < -0.39 is 6.04 Å². The lowest BCUT2D eigenvalue weighted by molar-refractivity contribution is -0.122. The normalized spacial score (nSPS) is 12.1. The number of hydrogen-bond donors (Lipinski definition) is 3. The van der Waals surface area contributed by atoms with Crippen LogP contribution >= 0.6 is 0 Å². The van der Waals surface area contributed by atoms with Gasteiger partial charge in [0.1, 0.15) is 0 Å². The van der Waals surface area contributed by atoms with Crippen LogP contribution in [0.5, 0.6) is 0 Å². The summed E-state index contributed by atoms with van der Waals surface area (Å²) >= 11 is 0. The number of amides is 2. The summed E-state index contributed by atoms with van der Waals surface area (Å²) in [6.07, 6.45) is 2.46. The minimum Gasteiger partial charge on any atom is -0.370 e. The Kier molecular flexibility index (Phi) is 6.74. The molecular formula is C9H19N3O2. The van der Waals surface area contributed by atoms with E-state index in [0.29, 0.717) is 25.8 Å². The maximum Gasteiger partial charge on any atom is 0.236 e. The molecule has 0 aliphatic heterocycles. The molecule has 1 atom stereocenters. The van der Waals surface area contributed by atoms with Gasteiger partial charge in [0.2, 0.25) is 11.8 Å². The Balaban J connectivity index is 3.36. The third-order valence-corrected chi connectivity index (χ3v) is 1.93. The third kappa shape index (κ3) is 6.42. The van der Waals surface area contributed by atoms with E-state index in [0.717, 1.165) is 6.42 Å². The molecule has 0 aliphatic carbocycles. The van der Waals surface area contributed by atoms with Gasteiger partial charge >= 0.3 is 0 Å². The van der Waals surface area contributed by atoms with Crippen LogP contribution in [-0.4, -0.2) is 24.4 Å². The van der Waals surface area contributed by atoms with Crippen LogP contribution in [0.15, 0.2) is 0 Å². The first kappa shape index (κ1) is 12.9. The number of carbonyl (C=O) groups excluding carboxylic acids is 2. The Morgan fingerprint density at radius 3 is 2.50 bits per heavy atom. The monoisotopic (exact) mass is 201 g/mol. The highest BCUT2D eigenvalue weighted by molar-refractivity contribution is 5.81.